The summed E-state index contributed by atoms with van der Waals surface area (Å²) in [6.07, 6.45) is -0.155. The van der Waals surface area contributed by atoms with E-state index in [4.69, 9.17) is 9.47 Å². The number of aliphatic hydroxyl groups is 1. The summed E-state index contributed by atoms with van der Waals surface area (Å²) >= 11 is 0. The van der Waals surface area contributed by atoms with Crippen LogP contribution in [0.2, 0.25) is 0 Å². The van der Waals surface area contributed by atoms with Gasteiger partial charge in [0, 0.05) is 49.1 Å². The predicted molar refractivity (Wildman–Crippen MR) is 183 cm³/mol. The monoisotopic (exact) mass is 617 g/mol. The Labute approximate surface area is 271 Å². The molecule has 7 nitrogen and oxygen atoms in total. The van der Waals surface area contributed by atoms with Gasteiger partial charge in [0.25, 0.3) is 5.91 Å². The second kappa shape index (κ2) is 13.9. The highest BCUT2D eigenvalue weighted by Crippen LogP contribution is 2.38. The average molecular weight is 618 g/mol. The number of likely N-dealkylation sites (N-methyl/N-ethyl adjacent to an activating group) is 1. The maximum Gasteiger partial charge on any atom is 0.271 e. The minimum Gasteiger partial charge on any atom is -0.457 e. The minimum atomic E-state index is -0.355. The number of aliphatic hydroxyl groups excluding tert-OH is 1. The van der Waals surface area contributed by atoms with Crippen LogP contribution in [0.5, 0.6) is 11.5 Å². The third-order valence-electron chi connectivity index (χ3n) is 9.07. The van der Waals surface area contributed by atoms with E-state index in [0.717, 1.165) is 45.6 Å². The molecule has 238 valence electrons. The molecule has 7 heteroatoms. The van der Waals surface area contributed by atoms with Gasteiger partial charge in [0.15, 0.2) is 0 Å². The first-order chi connectivity index (χ1) is 22.3. The smallest absolute Gasteiger partial charge is 0.271 e. The predicted octanol–water partition coefficient (Wildman–Crippen LogP) is 7.13. The quantitative estimate of drug-likeness (QED) is 0.201. The number of fused-ring (bicyclic) bond motifs is 5. The van der Waals surface area contributed by atoms with Crippen LogP contribution in [0.25, 0.3) is 22.0 Å². The van der Waals surface area contributed by atoms with Crippen LogP contribution in [0, 0.1) is 5.92 Å². The van der Waals surface area contributed by atoms with E-state index in [1.54, 1.807) is 0 Å². The molecule has 1 aromatic heterocycles. The fourth-order valence-electron chi connectivity index (χ4n) is 6.50. The van der Waals surface area contributed by atoms with Crippen LogP contribution < -0.4 is 4.74 Å². The normalized spacial score (nSPS) is 17.8. The van der Waals surface area contributed by atoms with Gasteiger partial charge in [-0.25, -0.2) is 0 Å². The Bertz CT molecular complexity index is 1780. The molecule has 0 fully saturated rings. The maximum atomic E-state index is 14.6. The lowest BCUT2D eigenvalue weighted by molar-refractivity contribution is -0.0242. The molecule has 6 rings (SSSR count). The van der Waals surface area contributed by atoms with Crippen molar-refractivity contribution in [2.75, 3.05) is 26.7 Å². The highest BCUT2D eigenvalue weighted by atomic mass is 16.5. The van der Waals surface area contributed by atoms with Crippen molar-refractivity contribution in [1.82, 2.24) is 14.4 Å². The molecule has 1 aliphatic heterocycles. The number of aryl methyl sites for hydroxylation is 1. The Morgan fingerprint density at radius 1 is 0.935 bits per heavy atom. The van der Waals surface area contributed by atoms with Crippen molar-refractivity contribution in [2.24, 2.45) is 13.0 Å². The van der Waals surface area contributed by atoms with Gasteiger partial charge in [-0.05, 0) is 61.0 Å². The zero-order chi connectivity index (χ0) is 32.2. The van der Waals surface area contributed by atoms with E-state index in [2.05, 4.69) is 55.3 Å². The lowest BCUT2D eigenvalue weighted by Gasteiger charge is -2.35. The van der Waals surface area contributed by atoms with Crippen LogP contribution in [0.15, 0.2) is 103 Å². The van der Waals surface area contributed by atoms with Crippen molar-refractivity contribution in [3.05, 3.63) is 120 Å². The molecule has 0 saturated heterocycles. The van der Waals surface area contributed by atoms with Crippen LogP contribution in [0.4, 0.5) is 0 Å². The number of hydrogen-bond acceptors (Lipinski definition) is 5. The third-order valence-corrected chi connectivity index (χ3v) is 9.07. The number of amides is 1. The van der Waals surface area contributed by atoms with Crippen LogP contribution >= 0.6 is 0 Å². The van der Waals surface area contributed by atoms with E-state index in [-0.39, 0.29) is 30.6 Å². The fraction of sp³-hybridized carbons (Fsp3) is 0.308. The Kier molecular flexibility index (Phi) is 9.54. The molecular formula is C39H43N3O4. The van der Waals surface area contributed by atoms with E-state index in [1.807, 2.05) is 90.2 Å². The first-order valence-corrected chi connectivity index (χ1v) is 16.0. The molecule has 0 aliphatic carbocycles. The van der Waals surface area contributed by atoms with E-state index in [0.29, 0.717) is 25.4 Å². The number of carbonyl (C=O) groups excluding carboxylic acids is 1. The zero-order valence-electron chi connectivity index (χ0n) is 27.1. The molecule has 46 heavy (non-hydrogen) atoms. The van der Waals surface area contributed by atoms with E-state index >= 15 is 0 Å². The van der Waals surface area contributed by atoms with Gasteiger partial charge in [-0.3, -0.25) is 9.69 Å². The topological polar surface area (TPSA) is 67.2 Å². The number of hydrogen-bond donors (Lipinski definition) is 1. The summed E-state index contributed by atoms with van der Waals surface area (Å²) in [5.41, 5.74) is 5.77. The molecule has 5 aromatic rings. The second-order valence-electron chi connectivity index (χ2n) is 12.5. The molecule has 3 atom stereocenters. The Hall–Kier alpha value is -4.43. The molecular weight excluding hydrogens is 574 g/mol. The zero-order valence-corrected chi connectivity index (χ0v) is 27.1. The van der Waals surface area contributed by atoms with Crippen LogP contribution in [-0.4, -0.2) is 64.3 Å². The Morgan fingerprint density at radius 2 is 1.61 bits per heavy atom. The average Bonchev–Trinajstić information content (AvgIpc) is 3.37. The highest BCUT2D eigenvalue weighted by Gasteiger charge is 2.33. The van der Waals surface area contributed by atoms with E-state index < -0.39 is 0 Å². The van der Waals surface area contributed by atoms with Gasteiger partial charge in [-0.2, -0.15) is 0 Å². The van der Waals surface area contributed by atoms with Crippen LogP contribution in [0.1, 0.15) is 35.5 Å². The standard InChI is InChI=1S/C39H43N3O4/c1-27-22-42(28(2)25-43)39(44)38-37(34-16-10-11-17-35(34)41(38)4)33-15-9-8-12-30(33)26-45-36(27)24-40(3)23-29-18-20-32(21-19-29)46-31-13-6-5-7-14-31/h5-21,27-28,36,43H,22-26H2,1-4H3/t27-,28-,36-/m1/s1. The van der Waals surface area contributed by atoms with E-state index in [1.165, 1.54) is 5.56 Å². The van der Waals surface area contributed by atoms with Gasteiger partial charge in [0.05, 0.1) is 25.4 Å². The first-order valence-electron chi connectivity index (χ1n) is 16.0. The second-order valence-corrected chi connectivity index (χ2v) is 12.5. The molecule has 2 heterocycles. The molecule has 0 bridgehead atoms. The first kappa shape index (κ1) is 31.5. The number of ether oxygens (including phenoxy) is 2. The molecule has 1 aliphatic rings. The lowest BCUT2D eigenvalue weighted by Crippen LogP contribution is -2.47. The van der Waals surface area contributed by atoms with Crippen molar-refractivity contribution in [3.63, 3.8) is 0 Å². The van der Waals surface area contributed by atoms with Crippen molar-refractivity contribution in [1.29, 1.82) is 0 Å². The number of aromatic nitrogens is 1. The fourth-order valence-corrected chi connectivity index (χ4v) is 6.50. The van der Waals surface area contributed by atoms with Crippen LogP contribution in [0.3, 0.4) is 0 Å². The minimum absolute atomic E-state index is 0.00504. The van der Waals surface area contributed by atoms with Crippen molar-refractivity contribution in [3.8, 4) is 22.6 Å². The lowest BCUT2D eigenvalue weighted by atomic mass is 9.96. The number of rotatable bonds is 8. The molecule has 0 saturated carbocycles. The number of para-hydroxylation sites is 2. The molecule has 1 N–H and O–H groups in total. The molecule has 4 aromatic carbocycles. The molecule has 0 radical (unpaired) electrons. The summed E-state index contributed by atoms with van der Waals surface area (Å²) in [6, 6.07) is 34.0. The maximum absolute atomic E-state index is 14.6. The van der Waals surface area contributed by atoms with Gasteiger partial charge in [0.1, 0.15) is 17.2 Å². The van der Waals surface area contributed by atoms with Gasteiger partial charge in [0.2, 0.25) is 0 Å². The summed E-state index contributed by atoms with van der Waals surface area (Å²) in [4.78, 5) is 18.7. The Morgan fingerprint density at radius 3 is 2.37 bits per heavy atom. The van der Waals surface area contributed by atoms with Crippen molar-refractivity contribution in [2.45, 2.75) is 39.1 Å². The van der Waals surface area contributed by atoms with Crippen LogP contribution in [-0.2, 0) is 24.9 Å². The highest BCUT2D eigenvalue weighted by molar-refractivity contribution is 6.10. The van der Waals surface area contributed by atoms with Gasteiger partial charge in [-0.15, -0.1) is 0 Å². The van der Waals surface area contributed by atoms with Gasteiger partial charge >= 0.3 is 0 Å². The van der Waals surface area contributed by atoms with Gasteiger partial charge in [-0.1, -0.05) is 79.7 Å². The summed E-state index contributed by atoms with van der Waals surface area (Å²) in [7, 11) is 4.06. The summed E-state index contributed by atoms with van der Waals surface area (Å²) in [5.74, 6) is 1.54. The third kappa shape index (κ3) is 6.58. The number of benzene rings is 4. The molecule has 0 spiro atoms. The van der Waals surface area contributed by atoms with Crippen molar-refractivity contribution < 1.29 is 19.4 Å². The number of nitrogens with zero attached hydrogens (tertiary/aromatic N) is 3. The van der Waals surface area contributed by atoms with E-state index in [9.17, 15) is 9.90 Å². The molecule has 0 unspecified atom stereocenters. The SMILES string of the molecule is C[C@@H]1CN([C@H](C)CO)C(=O)c2c(c3ccccc3n2C)-c2ccccc2CO[C@@H]1CN(C)Cc1ccc(Oc2ccccc2)cc1. The number of carbonyl (C=O) groups is 1. The van der Waals surface area contributed by atoms with Gasteiger partial charge < -0.3 is 24.0 Å². The Balaban J connectivity index is 1.28. The molecule has 1 amide bonds. The summed E-state index contributed by atoms with van der Waals surface area (Å²) in [6.45, 7) is 6.24. The largest absolute Gasteiger partial charge is 0.457 e. The summed E-state index contributed by atoms with van der Waals surface area (Å²) in [5, 5.41) is 11.3. The summed E-state index contributed by atoms with van der Waals surface area (Å²) < 4.78 is 14.7. The van der Waals surface area contributed by atoms with Crippen molar-refractivity contribution >= 4 is 16.8 Å².